The Morgan fingerprint density at radius 2 is 1.90 bits per heavy atom. The van der Waals surface area contributed by atoms with E-state index < -0.39 is 5.54 Å². The van der Waals surface area contributed by atoms with Crippen molar-refractivity contribution in [2.24, 2.45) is 0 Å². The van der Waals surface area contributed by atoms with Crippen LogP contribution >= 0.6 is 11.6 Å². The molecule has 1 aromatic rings. The van der Waals surface area contributed by atoms with Gasteiger partial charge >= 0.3 is 0 Å². The summed E-state index contributed by atoms with van der Waals surface area (Å²) >= 11 is 6.10. The van der Waals surface area contributed by atoms with Crippen LogP contribution in [0.5, 0.6) is 0 Å². The van der Waals surface area contributed by atoms with Crippen molar-refractivity contribution in [2.75, 3.05) is 13.1 Å². The van der Waals surface area contributed by atoms with Gasteiger partial charge in [0.1, 0.15) is 5.82 Å². The minimum Gasteiger partial charge on any atom is -0.297 e. The molecule has 0 spiro atoms. The fraction of sp³-hybridized carbons (Fsp3) is 0.588. The van der Waals surface area contributed by atoms with E-state index in [4.69, 9.17) is 11.6 Å². The van der Waals surface area contributed by atoms with Crippen molar-refractivity contribution in [3.63, 3.8) is 0 Å². The number of ketones is 1. The van der Waals surface area contributed by atoms with E-state index in [1.807, 2.05) is 0 Å². The Labute approximate surface area is 131 Å². The zero-order valence-corrected chi connectivity index (χ0v) is 13.5. The number of likely N-dealkylation sites (tertiary alicyclic amines) is 1. The molecule has 1 aliphatic rings. The normalized spacial score (nSPS) is 16.4. The van der Waals surface area contributed by atoms with Crippen molar-refractivity contribution in [1.29, 1.82) is 0 Å². The van der Waals surface area contributed by atoms with Crippen LogP contribution in [0.3, 0.4) is 0 Å². The van der Waals surface area contributed by atoms with Gasteiger partial charge in [0, 0.05) is 11.4 Å². The third-order valence-electron chi connectivity index (χ3n) is 4.76. The summed E-state index contributed by atoms with van der Waals surface area (Å²) in [6.45, 7) is 6.08. The first-order valence-electron chi connectivity index (χ1n) is 7.75. The molecule has 0 unspecified atom stereocenters. The van der Waals surface area contributed by atoms with Gasteiger partial charge in [0.25, 0.3) is 0 Å². The summed E-state index contributed by atoms with van der Waals surface area (Å²) < 4.78 is 13.4. The highest BCUT2D eigenvalue weighted by atomic mass is 35.5. The summed E-state index contributed by atoms with van der Waals surface area (Å²) in [6, 6.07) is 4.22. The van der Waals surface area contributed by atoms with Gasteiger partial charge in [0.15, 0.2) is 5.78 Å². The molecule has 0 saturated carbocycles. The number of hydrogen-bond donors (Lipinski definition) is 0. The molecule has 1 fully saturated rings. The minimum absolute atomic E-state index is 0.155. The summed E-state index contributed by atoms with van der Waals surface area (Å²) in [4.78, 5) is 15.2. The van der Waals surface area contributed by atoms with Crippen LogP contribution < -0.4 is 0 Å². The third kappa shape index (κ3) is 3.29. The number of carbonyl (C=O) groups excluding carboxylic acids is 1. The van der Waals surface area contributed by atoms with Gasteiger partial charge < -0.3 is 0 Å². The Bertz CT molecular complexity index is 508. The van der Waals surface area contributed by atoms with Gasteiger partial charge in [-0.25, -0.2) is 4.39 Å². The van der Waals surface area contributed by atoms with Crippen LogP contribution in [0.2, 0.25) is 5.02 Å². The maximum atomic E-state index is 13.4. The number of halogens is 2. The first kappa shape index (κ1) is 16.4. The fourth-order valence-electron chi connectivity index (χ4n) is 3.43. The molecule has 1 aliphatic heterocycles. The Morgan fingerprint density at radius 1 is 1.29 bits per heavy atom. The van der Waals surface area contributed by atoms with Crippen molar-refractivity contribution < 1.29 is 9.18 Å². The van der Waals surface area contributed by atoms with Crippen LogP contribution in [0, 0.1) is 5.82 Å². The molecule has 0 amide bonds. The molecule has 0 N–H and O–H groups in total. The highest BCUT2D eigenvalue weighted by molar-refractivity contribution is 6.31. The van der Waals surface area contributed by atoms with E-state index in [2.05, 4.69) is 18.7 Å². The van der Waals surface area contributed by atoms with Crippen molar-refractivity contribution in [3.8, 4) is 0 Å². The summed E-state index contributed by atoms with van der Waals surface area (Å²) in [5.74, 6) is -0.191. The summed E-state index contributed by atoms with van der Waals surface area (Å²) in [5, 5.41) is 0.465. The average Bonchev–Trinajstić information content (AvgIpc) is 2.99. The fourth-order valence-corrected chi connectivity index (χ4v) is 3.61. The van der Waals surface area contributed by atoms with Crippen molar-refractivity contribution in [1.82, 2.24) is 4.90 Å². The molecule has 0 atom stereocenters. The molecule has 0 aliphatic carbocycles. The second kappa shape index (κ2) is 6.89. The lowest BCUT2D eigenvalue weighted by atomic mass is 9.83. The maximum absolute atomic E-state index is 13.4. The number of nitrogens with zero attached hydrogens (tertiary/aromatic N) is 1. The predicted octanol–water partition coefficient (Wildman–Crippen LogP) is 4.25. The molecule has 0 aromatic heterocycles. The van der Waals surface area contributed by atoms with E-state index in [0.717, 1.165) is 38.8 Å². The Hall–Kier alpha value is -0.930. The van der Waals surface area contributed by atoms with Crippen LogP contribution in [0.1, 0.15) is 45.1 Å². The van der Waals surface area contributed by atoms with E-state index in [0.29, 0.717) is 10.6 Å². The lowest BCUT2D eigenvalue weighted by Gasteiger charge is -2.39. The molecule has 1 heterocycles. The Morgan fingerprint density at radius 3 is 2.48 bits per heavy atom. The number of benzene rings is 1. The molecule has 1 saturated heterocycles. The molecule has 2 nitrogen and oxygen atoms in total. The molecule has 2 rings (SSSR count). The first-order chi connectivity index (χ1) is 10.0. The highest BCUT2D eigenvalue weighted by Gasteiger charge is 2.41. The van der Waals surface area contributed by atoms with Gasteiger partial charge in [-0.1, -0.05) is 25.4 Å². The highest BCUT2D eigenvalue weighted by Crippen LogP contribution is 2.31. The van der Waals surface area contributed by atoms with Gasteiger partial charge in [-0.05, 0) is 62.5 Å². The smallest absolute Gasteiger partial charge is 0.157 e. The standard InChI is InChI=1S/C17H23ClFNO/c1-3-17(4-2,20-9-5-6-10-20)16(21)12-13-11-14(19)7-8-15(13)18/h7-8,11H,3-6,9-10,12H2,1-2H3. The largest absolute Gasteiger partial charge is 0.297 e. The van der Waals surface area contributed by atoms with Crippen molar-refractivity contribution in [3.05, 3.63) is 34.6 Å². The lowest BCUT2D eigenvalue weighted by molar-refractivity contribution is -0.130. The molecule has 0 radical (unpaired) electrons. The molecule has 21 heavy (non-hydrogen) atoms. The Kier molecular flexibility index (Phi) is 5.39. The summed E-state index contributed by atoms with van der Waals surface area (Å²) in [5.41, 5.74) is 0.165. The lowest BCUT2D eigenvalue weighted by Crippen LogP contribution is -2.53. The molecule has 0 bridgehead atoms. The van der Waals surface area contributed by atoms with Crippen LogP contribution in [-0.4, -0.2) is 29.3 Å². The summed E-state index contributed by atoms with van der Waals surface area (Å²) in [7, 11) is 0. The molecular formula is C17H23ClFNO. The zero-order valence-electron chi connectivity index (χ0n) is 12.8. The van der Waals surface area contributed by atoms with Crippen LogP contribution in [0.4, 0.5) is 4.39 Å². The van der Waals surface area contributed by atoms with Gasteiger partial charge in [-0.2, -0.15) is 0 Å². The van der Waals surface area contributed by atoms with Gasteiger partial charge in [0.05, 0.1) is 5.54 Å². The number of hydrogen-bond acceptors (Lipinski definition) is 2. The monoisotopic (exact) mass is 311 g/mol. The van der Waals surface area contributed by atoms with E-state index in [9.17, 15) is 9.18 Å². The predicted molar refractivity (Wildman–Crippen MR) is 84.2 cm³/mol. The molecule has 116 valence electrons. The number of rotatable bonds is 6. The second-order valence-electron chi connectivity index (χ2n) is 5.77. The second-order valence-corrected chi connectivity index (χ2v) is 6.18. The first-order valence-corrected chi connectivity index (χ1v) is 8.13. The Balaban J connectivity index is 2.24. The minimum atomic E-state index is -0.424. The number of carbonyl (C=O) groups is 1. The van der Waals surface area contributed by atoms with Crippen LogP contribution in [0.25, 0.3) is 0 Å². The average molecular weight is 312 g/mol. The molecule has 4 heteroatoms. The topological polar surface area (TPSA) is 20.3 Å². The van der Waals surface area contributed by atoms with E-state index in [1.54, 1.807) is 0 Å². The van der Waals surface area contributed by atoms with Crippen LogP contribution in [0.15, 0.2) is 18.2 Å². The zero-order chi connectivity index (χ0) is 15.5. The maximum Gasteiger partial charge on any atom is 0.157 e. The summed E-state index contributed by atoms with van der Waals surface area (Å²) in [6.07, 6.45) is 4.07. The van der Waals surface area contributed by atoms with Gasteiger partial charge in [0.2, 0.25) is 0 Å². The van der Waals surface area contributed by atoms with Crippen LogP contribution in [-0.2, 0) is 11.2 Å². The van der Waals surface area contributed by atoms with Gasteiger partial charge in [-0.15, -0.1) is 0 Å². The SMILES string of the molecule is CCC(CC)(C(=O)Cc1cc(F)ccc1Cl)N1CCCC1. The molecular weight excluding hydrogens is 289 g/mol. The quantitative estimate of drug-likeness (QED) is 0.783. The van der Waals surface area contributed by atoms with Crippen molar-refractivity contribution >= 4 is 17.4 Å². The van der Waals surface area contributed by atoms with E-state index in [1.165, 1.54) is 18.2 Å². The van der Waals surface area contributed by atoms with Crippen molar-refractivity contribution in [2.45, 2.75) is 51.5 Å². The van der Waals surface area contributed by atoms with E-state index >= 15 is 0 Å². The molecule has 1 aromatic carbocycles. The van der Waals surface area contributed by atoms with Gasteiger partial charge in [-0.3, -0.25) is 9.69 Å². The number of Topliss-reactive ketones (excluding diaryl/α,β-unsaturated/α-hetero) is 1. The third-order valence-corrected chi connectivity index (χ3v) is 5.13. The van der Waals surface area contributed by atoms with E-state index in [-0.39, 0.29) is 18.0 Å².